The maximum absolute atomic E-state index is 11.0. The van der Waals surface area contributed by atoms with Crippen LogP contribution in [-0.2, 0) is 9.53 Å². The van der Waals surface area contributed by atoms with E-state index in [1.807, 2.05) is 19.1 Å². The number of nitrogens with zero attached hydrogens (tertiary/aromatic N) is 1. The average molecular weight is 273 g/mol. The van der Waals surface area contributed by atoms with E-state index in [2.05, 4.69) is 16.7 Å². The molecular weight excluding hydrogens is 254 g/mol. The van der Waals surface area contributed by atoms with Crippen LogP contribution in [-0.4, -0.2) is 19.6 Å². The Morgan fingerprint density at radius 1 is 1.55 bits per heavy atom. The highest BCUT2D eigenvalue weighted by atomic mass is 16.5. The lowest BCUT2D eigenvalue weighted by Gasteiger charge is -2.11. The SMILES string of the molecule is CCNC1=C(/C(C#N)=C/NC(C)=O)C=CC(OC)=CC1. The summed E-state index contributed by atoms with van der Waals surface area (Å²) in [5.41, 5.74) is 2.08. The van der Waals surface area contributed by atoms with Crippen LogP contribution in [0.4, 0.5) is 0 Å². The van der Waals surface area contributed by atoms with E-state index in [1.165, 1.54) is 13.1 Å². The lowest BCUT2D eigenvalue weighted by Crippen LogP contribution is -2.16. The lowest BCUT2D eigenvalue weighted by atomic mass is 10.0. The van der Waals surface area contributed by atoms with Gasteiger partial charge in [-0.1, -0.05) is 0 Å². The zero-order valence-corrected chi connectivity index (χ0v) is 12.0. The highest BCUT2D eigenvalue weighted by Crippen LogP contribution is 2.22. The van der Waals surface area contributed by atoms with Gasteiger partial charge in [0.25, 0.3) is 0 Å². The fourth-order valence-electron chi connectivity index (χ4n) is 1.78. The maximum atomic E-state index is 11.0. The van der Waals surface area contributed by atoms with Gasteiger partial charge in [-0.15, -0.1) is 0 Å². The van der Waals surface area contributed by atoms with Crippen molar-refractivity contribution in [3.05, 3.63) is 47.0 Å². The molecule has 0 saturated heterocycles. The van der Waals surface area contributed by atoms with Crippen LogP contribution in [0.3, 0.4) is 0 Å². The molecule has 1 amide bonds. The highest BCUT2D eigenvalue weighted by Gasteiger charge is 2.12. The van der Waals surface area contributed by atoms with Gasteiger partial charge in [0, 0.05) is 37.4 Å². The summed E-state index contributed by atoms with van der Waals surface area (Å²) in [5, 5.41) is 15.1. The van der Waals surface area contributed by atoms with Crippen LogP contribution < -0.4 is 10.6 Å². The van der Waals surface area contributed by atoms with Crippen molar-refractivity contribution in [2.45, 2.75) is 20.3 Å². The summed E-state index contributed by atoms with van der Waals surface area (Å²) in [7, 11) is 1.60. The van der Waals surface area contributed by atoms with Crippen LogP contribution in [0.25, 0.3) is 0 Å². The van der Waals surface area contributed by atoms with Crippen molar-refractivity contribution in [3.8, 4) is 6.07 Å². The number of carbonyl (C=O) groups excluding carboxylic acids is 1. The number of nitriles is 1. The van der Waals surface area contributed by atoms with Crippen LogP contribution in [0.5, 0.6) is 0 Å². The molecule has 1 rings (SSSR count). The molecule has 0 unspecified atom stereocenters. The number of ether oxygens (including phenoxy) is 1. The van der Waals surface area contributed by atoms with Crippen LogP contribution in [0, 0.1) is 11.3 Å². The van der Waals surface area contributed by atoms with E-state index in [-0.39, 0.29) is 5.91 Å². The van der Waals surface area contributed by atoms with Crippen molar-refractivity contribution in [2.75, 3.05) is 13.7 Å². The fourth-order valence-corrected chi connectivity index (χ4v) is 1.78. The molecule has 2 N–H and O–H groups in total. The number of carbonyl (C=O) groups is 1. The highest BCUT2D eigenvalue weighted by molar-refractivity contribution is 5.74. The van der Waals surface area contributed by atoms with Crippen LogP contribution in [0.1, 0.15) is 20.3 Å². The van der Waals surface area contributed by atoms with Gasteiger partial charge in [0.2, 0.25) is 5.91 Å². The second-order valence-corrected chi connectivity index (χ2v) is 4.14. The Kier molecular flexibility index (Phi) is 6.11. The zero-order chi connectivity index (χ0) is 15.0. The molecule has 0 saturated carbocycles. The van der Waals surface area contributed by atoms with Gasteiger partial charge in [-0.05, 0) is 25.2 Å². The first-order valence-electron chi connectivity index (χ1n) is 6.39. The normalized spacial score (nSPS) is 15.1. The Hall–Kier alpha value is -2.48. The number of rotatable bonds is 5. The summed E-state index contributed by atoms with van der Waals surface area (Å²) in [5.74, 6) is 0.531. The number of allylic oxidation sites excluding steroid dienone is 5. The van der Waals surface area contributed by atoms with Crippen LogP contribution >= 0.6 is 0 Å². The third kappa shape index (κ3) is 4.32. The second-order valence-electron chi connectivity index (χ2n) is 4.14. The van der Waals surface area contributed by atoms with Crippen molar-refractivity contribution in [3.63, 3.8) is 0 Å². The molecule has 5 nitrogen and oxygen atoms in total. The van der Waals surface area contributed by atoms with E-state index in [0.29, 0.717) is 12.0 Å². The second kappa shape index (κ2) is 7.85. The summed E-state index contributed by atoms with van der Waals surface area (Å²) in [6.07, 6.45) is 7.63. The Bertz CT molecular complexity index is 534. The van der Waals surface area contributed by atoms with Crippen molar-refractivity contribution in [1.29, 1.82) is 5.26 Å². The third-order valence-electron chi connectivity index (χ3n) is 2.70. The zero-order valence-electron chi connectivity index (χ0n) is 12.0. The topological polar surface area (TPSA) is 74.2 Å². The Labute approximate surface area is 119 Å². The molecule has 0 radical (unpaired) electrons. The van der Waals surface area contributed by atoms with E-state index in [9.17, 15) is 10.1 Å². The van der Waals surface area contributed by atoms with E-state index >= 15 is 0 Å². The quantitative estimate of drug-likeness (QED) is 0.750. The number of hydrogen-bond donors (Lipinski definition) is 2. The summed E-state index contributed by atoms with van der Waals surface area (Å²) in [6, 6.07) is 2.11. The summed E-state index contributed by atoms with van der Waals surface area (Å²) in [6.45, 7) is 4.14. The van der Waals surface area contributed by atoms with Crippen molar-refractivity contribution >= 4 is 5.91 Å². The Morgan fingerprint density at radius 2 is 2.30 bits per heavy atom. The van der Waals surface area contributed by atoms with Gasteiger partial charge < -0.3 is 15.4 Å². The van der Waals surface area contributed by atoms with E-state index < -0.39 is 0 Å². The monoisotopic (exact) mass is 273 g/mol. The number of amides is 1. The Morgan fingerprint density at radius 3 is 2.85 bits per heavy atom. The number of hydrogen-bond acceptors (Lipinski definition) is 4. The lowest BCUT2D eigenvalue weighted by molar-refractivity contribution is -0.118. The summed E-state index contributed by atoms with van der Waals surface area (Å²) in [4.78, 5) is 11.0. The van der Waals surface area contributed by atoms with Gasteiger partial charge in [-0.25, -0.2) is 0 Å². The van der Waals surface area contributed by atoms with Gasteiger partial charge in [0.1, 0.15) is 11.8 Å². The standard InChI is InChI=1S/C15H19N3O2/c1-4-17-15-8-6-13(20-3)5-7-14(15)12(9-16)10-18-11(2)19/h5-7,10,17H,4,8H2,1-3H3,(H,18,19)/b12-10+. The molecule has 106 valence electrons. The number of nitrogens with one attached hydrogen (secondary N) is 2. The predicted molar refractivity (Wildman–Crippen MR) is 77.1 cm³/mol. The molecule has 1 aliphatic carbocycles. The smallest absolute Gasteiger partial charge is 0.220 e. The minimum Gasteiger partial charge on any atom is -0.497 e. The first kappa shape index (κ1) is 15.6. The number of methoxy groups -OCH3 is 1. The average Bonchev–Trinajstić information content (AvgIpc) is 2.63. The summed E-state index contributed by atoms with van der Waals surface area (Å²) >= 11 is 0. The molecule has 0 aromatic carbocycles. The van der Waals surface area contributed by atoms with E-state index in [0.717, 1.165) is 23.6 Å². The van der Waals surface area contributed by atoms with Gasteiger partial charge in [0.15, 0.2) is 0 Å². The third-order valence-corrected chi connectivity index (χ3v) is 2.70. The molecule has 0 atom stereocenters. The van der Waals surface area contributed by atoms with Gasteiger partial charge in [-0.3, -0.25) is 4.79 Å². The van der Waals surface area contributed by atoms with Crippen molar-refractivity contribution in [2.24, 2.45) is 0 Å². The molecule has 5 heteroatoms. The molecule has 0 fully saturated rings. The van der Waals surface area contributed by atoms with E-state index in [1.54, 1.807) is 13.2 Å². The van der Waals surface area contributed by atoms with Gasteiger partial charge in [0.05, 0.1) is 12.7 Å². The minimum absolute atomic E-state index is 0.211. The first-order valence-corrected chi connectivity index (χ1v) is 6.39. The van der Waals surface area contributed by atoms with Crippen LogP contribution in [0.15, 0.2) is 47.0 Å². The molecule has 0 aromatic rings. The first-order chi connectivity index (χ1) is 9.62. The predicted octanol–water partition coefficient (Wildman–Crippen LogP) is 1.88. The van der Waals surface area contributed by atoms with Crippen molar-refractivity contribution in [1.82, 2.24) is 10.6 Å². The minimum atomic E-state index is -0.211. The summed E-state index contributed by atoms with van der Waals surface area (Å²) < 4.78 is 5.21. The fraction of sp³-hybridized carbons (Fsp3) is 0.333. The van der Waals surface area contributed by atoms with Gasteiger partial charge in [-0.2, -0.15) is 5.26 Å². The molecule has 1 aliphatic rings. The van der Waals surface area contributed by atoms with Crippen LogP contribution in [0.2, 0.25) is 0 Å². The van der Waals surface area contributed by atoms with Gasteiger partial charge >= 0.3 is 0 Å². The molecule has 0 heterocycles. The molecular formula is C15H19N3O2. The maximum Gasteiger partial charge on any atom is 0.220 e. The molecule has 0 spiro atoms. The largest absolute Gasteiger partial charge is 0.497 e. The molecule has 0 aromatic heterocycles. The van der Waals surface area contributed by atoms with E-state index in [4.69, 9.17) is 4.74 Å². The molecule has 0 aliphatic heterocycles. The Balaban J connectivity index is 3.16. The molecule has 0 bridgehead atoms. The molecule has 20 heavy (non-hydrogen) atoms. The van der Waals surface area contributed by atoms with Crippen molar-refractivity contribution < 1.29 is 9.53 Å².